The van der Waals surface area contributed by atoms with Crippen molar-refractivity contribution in [3.8, 4) is 11.8 Å². The van der Waals surface area contributed by atoms with E-state index in [2.05, 4.69) is 16.8 Å². The van der Waals surface area contributed by atoms with Gasteiger partial charge >= 0.3 is 5.63 Å². The van der Waals surface area contributed by atoms with Gasteiger partial charge in [-0.1, -0.05) is 36.1 Å². The molecule has 0 aliphatic heterocycles. The van der Waals surface area contributed by atoms with E-state index in [1.807, 2.05) is 54.6 Å². The van der Waals surface area contributed by atoms with Crippen LogP contribution in [0.1, 0.15) is 22.4 Å². The fraction of sp³-hybridized carbons (Fsp3) is 0. The Hall–Kier alpha value is -3.64. The van der Waals surface area contributed by atoms with Crippen molar-refractivity contribution in [3.05, 3.63) is 93.6 Å². The van der Waals surface area contributed by atoms with Gasteiger partial charge < -0.3 is 4.42 Å². The van der Waals surface area contributed by atoms with Gasteiger partial charge in [0.05, 0.1) is 11.3 Å². The van der Waals surface area contributed by atoms with Gasteiger partial charge in [-0.15, -0.1) is 0 Å². The van der Waals surface area contributed by atoms with E-state index in [4.69, 9.17) is 4.42 Å². The minimum absolute atomic E-state index is 0.381. The average molecular weight is 323 g/mol. The molecule has 1 aromatic carbocycles. The molecule has 4 rings (SSSR count). The number of hydrogen-bond acceptors (Lipinski definition) is 3. The van der Waals surface area contributed by atoms with Gasteiger partial charge in [-0.2, -0.15) is 0 Å². The lowest BCUT2D eigenvalue weighted by Crippen LogP contribution is -2.03. The summed E-state index contributed by atoms with van der Waals surface area (Å²) in [4.78, 5) is 16.5. The average Bonchev–Trinajstić information content (AvgIpc) is 2.61. The molecule has 0 radical (unpaired) electrons. The van der Waals surface area contributed by atoms with E-state index in [1.165, 1.54) is 0 Å². The fourth-order valence-corrected chi connectivity index (χ4v) is 2.59. The van der Waals surface area contributed by atoms with Crippen LogP contribution in [-0.4, -0.2) is 4.98 Å². The number of hydrogen-bond donors (Lipinski definition) is 0. The highest BCUT2D eigenvalue weighted by Gasteiger charge is 2.07. The maximum atomic E-state index is 12.2. The summed E-state index contributed by atoms with van der Waals surface area (Å²) in [6.45, 7) is 0. The first-order valence-corrected chi connectivity index (χ1v) is 7.85. The van der Waals surface area contributed by atoms with Crippen molar-refractivity contribution in [1.29, 1.82) is 0 Å². The Kier molecular flexibility index (Phi) is 3.86. The third-order valence-corrected chi connectivity index (χ3v) is 3.83. The van der Waals surface area contributed by atoms with Crippen molar-refractivity contribution in [3.63, 3.8) is 0 Å². The summed E-state index contributed by atoms with van der Waals surface area (Å²) < 4.78 is 5.48. The molecule has 2 heterocycles. The highest BCUT2D eigenvalue weighted by molar-refractivity contribution is 5.85. The van der Waals surface area contributed by atoms with Crippen molar-refractivity contribution in [2.75, 3.05) is 0 Å². The lowest BCUT2D eigenvalue weighted by Gasteiger charge is -2.04. The summed E-state index contributed by atoms with van der Waals surface area (Å²) in [7, 11) is 0. The van der Waals surface area contributed by atoms with Gasteiger partial charge in [0, 0.05) is 17.1 Å². The Bertz CT molecular complexity index is 1150. The van der Waals surface area contributed by atoms with Gasteiger partial charge in [0.2, 0.25) is 0 Å². The Morgan fingerprint density at radius 3 is 2.92 bits per heavy atom. The minimum Gasteiger partial charge on any atom is -0.422 e. The van der Waals surface area contributed by atoms with Crippen molar-refractivity contribution >= 4 is 29.2 Å². The molecule has 0 spiro atoms. The lowest BCUT2D eigenvalue weighted by molar-refractivity contribution is 0.559. The third kappa shape index (κ3) is 3.19. The largest absolute Gasteiger partial charge is 0.422 e. The van der Waals surface area contributed by atoms with Crippen molar-refractivity contribution in [2.24, 2.45) is 0 Å². The zero-order chi connectivity index (χ0) is 17.1. The monoisotopic (exact) mass is 323 g/mol. The summed E-state index contributed by atoms with van der Waals surface area (Å²) in [5.74, 6) is 6.02. The molecule has 0 fully saturated rings. The zero-order valence-corrected chi connectivity index (χ0v) is 13.3. The first-order chi connectivity index (χ1) is 12.3. The quantitative estimate of drug-likeness (QED) is 0.522. The Balaban J connectivity index is 1.81. The number of rotatable bonds is 2. The summed E-state index contributed by atoms with van der Waals surface area (Å²) in [6, 6.07) is 11.2. The van der Waals surface area contributed by atoms with Gasteiger partial charge in [0.1, 0.15) is 5.58 Å². The number of fused-ring (bicyclic) bond motifs is 2. The molecule has 0 saturated carbocycles. The van der Waals surface area contributed by atoms with Crippen LogP contribution in [0.4, 0.5) is 0 Å². The second-order valence-electron chi connectivity index (χ2n) is 5.54. The van der Waals surface area contributed by atoms with Gasteiger partial charge in [0.15, 0.2) is 0 Å². The molecule has 0 amide bonds. The van der Waals surface area contributed by atoms with Gasteiger partial charge in [-0.3, -0.25) is 4.98 Å². The highest BCUT2D eigenvalue weighted by atomic mass is 16.4. The van der Waals surface area contributed by atoms with Gasteiger partial charge in [0.25, 0.3) is 0 Å². The SMILES string of the molecule is O=c1oc2cc3c(cc2cc1/C=C/c1ccccn1)/C=C\C=C/C#C3. The molecule has 0 saturated heterocycles. The second-order valence-corrected chi connectivity index (χ2v) is 5.54. The molecule has 3 heteroatoms. The fourth-order valence-electron chi connectivity index (χ4n) is 2.59. The van der Waals surface area contributed by atoms with Crippen LogP contribution in [0.2, 0.25) is 0 Å². The third-order valence-electron chi connectivity index (χ3n) is 3.83. The van der Waals surface area contributed by atoms with E-state index in [0.717, 1.165) is 22.2 Å². The Morgan fingerprint density at radius 1 is 1.08 bits per heavy atom. The van der Waals surface area contributed by atoms with Crippen molar-refractivity contribution in [1.82, 2.24) is 4.98 Å². The molecule has 2 aromatic heterocycles. The molecule has 1 aliphatic rings. The molecule has 0 bridgehead atoms. The number of pyridine rings is 1. The molecule has 0 N–H and O–H groups in total. The van der Waals surface area contributed by atoms with Crippen molar-refractivity contribution < 1.29 is 4.42 Å². The predicted molar refractivity (Wildman–Crippen MR) is 101 cm³/mol. The molecule has 1 aliphatic carbocycles. The van der Waals surface area contributed by atoms with Gasteiger partial charge in [-0.25, -0.2) is 4.79 Å². The molecule has 3 nitrogen and oxygen atoms in total. The van der Waals surface area contributed by atoms with Crippen LogP contribution in [0.25, 0.3) is 29.2 Å². The van der Waals surface area contributed by atoms with Crippen LogP contribution in [0.15, 0.2) is 70.0 Å². The number of benzene rings is 1. The van der Waals surface area contributed by atoms with Crippen LogP contribution in [0, 0.1) is 11.8 Å². The highest BCUT2D eigenvalue weighted by Crippen LogP contribution is 2.22. The standard InChI is InChI=1S/C22H13NO2/c24-22-18(10-11-20-9-5-6-12-23-20)14-19-13-16-7-3-1-2-4-8-17(16)15-21(19)25-22/h1-3,5-7,9-15H/b2-1-,3-1?,7-3-,11-10+,16-7?. The summed E-state index contributed by atoms with van der Waals surface area (Å²) in [5, 5.41) is 0.857. The smallest absolute Gasteiger partial charge is 0.343 e. The molecule has 25 heavy (non-hydrogen) atoms. The Labute approximate surface area is 144 Å². The normalized spacial score (nSPS) is 15.0. The van der Waals surface area contributed by atoms with E-state index >= 15 is 0 Å². The predicted octanol–water partition coefficient (Wildman–Crippen LogP) is 4.29. The summed E-state index contributed by atoms with van der Waals surface area (Å²) in [5.41, 5.74) is 3.26. The molecule has 0 atom stereocenters. The van der Waals surface area contributed by atoms with Gasteiger partial charge in [-0.05, 0) is 54.1 Å². The van der Waals surface area contributed by atoms with E-state index in [1.54, 1.807) is 24.4 Å². The van der Waals surface area contributed by atoms with Crippen molar-refractivity contribution in [2.45, 2.75) is 0 Å². The molecular formula is C22H13NO2. The van der Waals surface area contributed by atoms with E-state index in [-0.39, 0.29) is 5.63 Å². The first-order valence-electron chi connectivity index (χ1n) is 7.85. The molecule has 118 valence electrons. The van der Waals surface area contributed by atoms with E-state index in [9.17, 15) is 4.79 Å². The summed E-state index contributed by atoms with van der Waals surface area (Å²) >= 11 is 0. The Morgan fingerprint density at radius 2 is 2.04 bits per heavy atom. The van der Waals surface area contributed by atoms with Crippen LogP contribution in [0.5, 0.6) is 0 Å². The second kappa shape index (κ2) is 6.46. The number of aromatic nitrogens is 1. The number of nitrogens with zero attached hydrogens (tertiary/aromatic N) is 1. The lowest BCUT2D eigenvalue weighted by atomic mass is 10.0. The zero-order valence-electron chi connectivity index (χ0n) is 13.3. The molecular weight excluding hydrogens is 310 g/mol. The van der Waals surface area contributed by atoms with Crippen LogP contribution >= 0.6 is 0 Å². The topological polar surface area (TPSA) is 43.1 Å². The molecule has 0 unspecified atom stereocenters. The summed E-state index contributed by atoms with van der Waals surface area (Å²) in [6.07, 6.45) is 12.8. The van der Waals surface area contributed by atoms with Crippen LogP contribution in [0.3, 0.4) is 0 Å². The minimum atomic E-state index is -0.381. The molecule has 3 aromatic rings. The maximum absolute atomic E-state index is 12.2. The maximum Gasteiger partial charge on any atom is 0.343 e. The van der Waals surface area contributed by atoms with E-state index < -0.39 is 0 Å². The van der Waals surface area contributed by atoms with E-state index in [0.29, 0.717) is 11.1 Å². The van der Waals surface area contributed by atoms with Crippen LogP contribution < -0.4 is 5.63 Å². The first kappa shape index (κ1) is 14.9. The number of allylic oxidation sites excluding steroid dienone is 3. The van der Waals surface area contributed by atoms with Crippen LogP contribution in [-0.2, 0) is 0 Å².